The maximum atomic E-state index is 12.3. The van der Waals surface area contributed by atoms with Crippen LogP contribution >= 0.6 is 0 Å². The topological polar surface area (TPSA) is 55.8 Å². The van der Waals surface area contributed by atoms with Gasteiger partial charge in [0.15, 0.2) is 6.61 Å². The number of likely N-dealkylation sites (tertiary alicyclic amines) is 1. The van der Waals surface area contributed by atoms with Crippen LogP contribution in [-0.2, 0) is 9.53 Å². The molecule has 1 aliphatic heterocycles. The van der Waals surface area contributed by atoms with Crippen molar-refractivity contribution < 1.29 is 19.1 Å². The molecule has 1 aromatic carbocycles. The SMILES string of the molecule is COc1ccc(C(=O)OCC(=O)N2[C@H](C)CCC[C@H]2C)cc1. The Bertz CT molecular complexity index is 516. The Hall–Kier alpha value is -2.04. The maximum Gasteiger partial charge on any atom is 0.338 e. The van der Waals surface area contributed by atoms with Gasteiger partial charge in [-0.25, -0.2) is 4.79 Å². The minimum absolute atomic E-state index is 0.124. The third kappa shape index (κ3) is 3.78. The Morgan fingerprint density at radius 3 is 2.27 bits per heavy atom. The Morgan fingerprint density at radius 1 is 1.14 bits per heavy atom. The van der Waals surface area contributed by atoms with Crippen LogP contribution < -0.4 is 4.74 Å². The molecular weight excluding hydrogens is 282 g/mol. The summed E-state index contributed by atoms with van der Waals surface area (Å²) in [5, 5.41) is 0. The summed E-state index contributed by atoms with van der Waals surface area (Å²) in [4.78, 5) is 26.1. The number of ether oxygens (including phenoxy) is 2. The van der Waals surface area contributed by atoms with Gasteiger partial charge in [-0.2, -0.15) is 0 Å². The van der Waals surface area contributed by atoms with Crippen LogP contribution in [-0.4, -0.2) is 42.6 Å². The number of rotatable bonds is 4. The van der Waals surface area contributed by atoms with Gasteiger partial charge in [0.2, 0.25) is 0 Å². The van der Waals surface area contributed by atoms with Gasteiger partial charge in [0, 0.05) is 12.1 Å². The lowest BCUT2D eigenvalue weighted by atomic mass is 9.97. The van der Waals surface area contributed by atoms with Crippen molar-refractivity contribution in [2.75, 3.05) is 13.7 Å². The fourth-order valence-corrected chi connectivity index (χ4v) is 2.93. The van der Waals surface area contributed by atoms with Crippen LogP contribution in [0.25, 0.3) is 0 Å². The molecule has 0 radical (unpaired) electrons. The van der Waals surface area contributed by atoms with Crippen LogP contribution in [0.15, 0.2) is 24.3 Å². The molecule has 1 aromatic rings. The Balaban J connectivity index is 1.90. The van der Waals surface area contributed by atoms with Crippen molar-refractivity contribution >= 4 is 11.9 Å². The highest BCUT2D eigenvalue weighted by Gasteiger charge is 2.29. The average molecular weight is 305 g/mol. The first-order valence-electron chi connectivity index (χ1n) is 7.65. The monoisotopic (exact) mass is 305 g/mol. The highest BCUT2D eigenvalue weighted by molar-refractivity contribution is 5.91. The molecule has 0 unspecified atom stereocenters. The normalized spacial score (nSPS) is 21.3. The van der Waals surface area contributed by atoms with Gasteiger partial charge in [-0.1, -0.05) is 0 Å². The fourth-order valence-electron chi connectivity index (χ4n) is 2.93. The molecule has 1 aliphatic rings. The third-order valence-electron chi connectivity index (χ3n) is 4.13. The molecule has 1 amide bonds. The van der Waals surface area contributed by atoms with E-state index in [0.29, 0.717) is 11.3 Å². The summed E-state index contributed by atoms with van der Waals surface area (Å²) >= 11 is 0. The van der Waals surface area contributed by atoms with E-state index in [0.717, 1.165) is 19.3 Å². The lowest BCUT2D eigenvalue weighted by Crippen LogP contribution is -2.49. The molecule has 1 saturated heterocycles. The van der Waals surface area contributed by atoms with Crippen LogP contribution in [0.2, 0.25) is 0 Å². The smallest absolute Gasteiger partial charge is 0.338 e. The fraction of sp³-hybridized carbons (Fsp3) is 0.529. The zero-order valence-electron chi connectivity index (χ0n) is 13.4. The number of piperidine rings is 1. The molecule has 0 spiro atoms. The molecule has 22 heavy (non-hydrogen) atoms. The van der Waals surface area contributed by atoms with E-state index in [2.05, 4.69) is 0 Å². The number of benzene rings is 1. The molecule has 2 rings (SSSR count). The number of nitrogens with zero attached hydrogens (tertiary/aromatic N) is 1. The van der Waals surface area contributed by atoms with Crippen LogP contribution in [0.3, 0.4) is 0 Å². The Kier molecular flexibility index (Phi) is 5.41. The van der Waals surface area contributed by atoms with E-state index in [1.54, 1.807) is 31.4 Å². The van der Waals surface area contributed by atoms with Gasteiger partial charge >= 0.3 is 5.97 Å². The zero-order valence-corrected chi connectivity index (χ0v) is 13.4. The molecule has 120 valence electrons. The van der Waals surface area contributed by atoms with Gasteiger partial charge in [-0.05, 0) is 57.4 Å². The van der Waals surface area contributed by atoms with Crippen molar-refractivity contribution in [2.24, 2.45) is 0 Å². The van der Waals surface area contributed by atoms with Gasteiger partial charge in [0.25, 0.3) is 5.91 Å². The number of carbonyl (C=O) groups excluding carboxylic acids is 2. The van der Waals surface area contributed by atoms with E-state index >= 15 is 0 Å². The molecular formula is C17H23NO4. The average Bonchev–Trinajstić information content (AvgIpc) is 2.52. The standard InChI is InChI=1S/C17H23NO4/c1-12-5-4-6-13(2)18(12)16(19)11-22-17(20)14-7-9-15(21-3)10-8-14/h7-10,12-13H,4-6,11H2,1-3H3/t12-,13-/m1/s1. The highest BCUT2D eigenvalue weighted by atomic mass is 16.5. The predicted octanol–water partition coefficient (Wildman–Crippen LogP) is 2.64. The molecule has 2 atom stereocenters. The Labute approximate surface area is 131 Å². The molecule has 0 saturated carbocycles. The molecule has 0 aliphatic carbocycles. The first kappa shape index (κ1) is 16.3. The van der Waals surface area contributed by atoms with Gasteiger partial charge in [-0.15, -0.1) is 0 Å². The minimum Gasteiger partial charge on any atom is -0.497 e. The summed E-state index contributed by atoms with van der Waals surface area (Å²) in [5.41, 5.74) is 0.411. The minimum atomic E-state index is -0.492. The summed E-state index contributed by atoms with van der Waals surface area (Å²) in [7, 11) is 1.56. The van der Waals surface area contributed by atoms with Gasteiger partial charge < -0.3 is 14.4 Å². The predicted molar refractivity (Wildman–Crippen MR) is 82.9 cm³/mol. The number of esters is 1. The van der Waals surface area contributed by atoms with E-state index < -0.39 is 5.97 Å². The lowest BCUT2D eigenvalue weighted by Gasteiger charge is -2.38. The molecule has 5 nitrogen and oxygen atoms in total. The van der Waals surface area contributed by atoms with Crippen LogP contribution in [0.5, 0.6) is 5.75 Å². The Morgan fingerprint density at radius 2 is 1.73 bits per heavy atom. The molecule has 1 fully saturated rings. The largest absolute Gasteiger partial charge is 0.497 e. The second kappa shape index (κ2) is 7.29. The third-order valence-corrected chi connectivity index (χ3v) is 4.13. The second-order valence-electron chi connectivity index (χ2n) is 5.73. The van der Waals surface area contributed by atoms with Crippen molar-refractivity contribution in [3.8, 4) is 5.75 Å². The molecule has 1 heterocycles. The zero-order chi connectivity index (χ0) is 16.1. The van der Waals surface area contributed by atoms with Gasteiger partial charge in [0.05, 0.1) is 12.7 Å². The number of hydrogen-bond acceptors (Lipinski definition) is 4. The van der Waals surface area contributed by atoms with E-state index in [4.69, 9.17) is 9.47 Å². The molecule has 0 aromatic heterocycles. The van der Waals surface area contributed by atoms with E-state index in [9.17, 15) is 9.59 Å². The van der Waals surface area contributed by atoms with Crippen molar-refractivity contribution in [3.05, 3.63) is 29.8 Å². The second-order valence-corrected chi connectivity index (χ2v) is 5.73. The van der Waals surface area contributed by atoms with Crippen LogP contribution in [0.1, 0.15) is 43.5 Å². The van der Waals surface area contributed by atoms with E-state index in [-0.39, 0.29) is 24.6 Å². The molecule has 5 heteroatoms. The summed E-state index contributed by atoms with van der Waals surface area (Å²) in [5.74, 6) is 0.0541. The van der Waals surface area contributed by atoms with Crippen molar-refractivity contribution in [1.82, 2.24) is 4.90 Å². The van der Waals surface area contributed by atoms with Gasteiger partial charge in [0.1, 0.15) is 5.75 Å². The summed E-state index contributed by atoms with van der Waals surface area (Å²) < 4.78 is 10.2. The quantitative estimate of drug-likeness (QED) is 0.803. The van der Waals surface area contributed by atoms with Crippen molar-refractivity contribution in [1.29, 1.82) is 0 Å². The summed E-state index contributed by atoms with van der Waals surface area (Å²) in [6.07, 6.45) is 3.14. The molecule has 0 N–H and O–H groups in total. The number of amides is 1. The highest BCUT2D eigenvalue weighted by Crippen LogP contribution is 2.22. The van der Waals surface area contributed by atoms with Crippen molar-refractivity contribution in [3.63, 3.8) is 0 Å². The summed E-state index contributed by atoms with van der Waals surface area (Å²) in [6, 6.07) is 7.03. The van der Waals surface area contributed by atoms with Crippen LogP contribution in [0.4, 0.5) is 0 Å². The number of hydrogen-bond donors (Lipinski definition) is 0. The maximum absolute atomic E-state index is 12.3. The summed E-state index contributed by atoms with van der Waals surface area (Å²) in [6.45, 7) is 3.87. The van der Waals surface area contributed by atoms with E-state index in [1.165, 1.54) is 0 Å². The van der Waals surface area contributed by atoms with E-state index in [1.807, 2.05) is 18.7 Å². The number of methoxy groups -OCH3 is 1. The first-order chi connectivity index (χ1) is 10.5. The molecule has 0 bridgehead atoms. The van der Waals surface area contributed by atoms with Crippen molar-refractivity contribution in [2.45, 2.75) is 45.2 Å². The lowest BCUT2D eigenvalue weighted by molar-refractivity contribution is -0.140. The van der Waals surface area contributed by atoms with Gasteiger partial charge in [-0.3, -0.25) is 4.79 Å². The first-order valence-corrected chi connectivity index (χ1v) is 7.65. The number of carbonyl (C=O) groups is 2. The van der Waals surface area contributed by atoms with Crippen LogP contribution in [0, 0.1) is 0 Å².